The molecule has 0 bridgehead atoms. The van der Waals surface area contributed by atoms with Crippen LogP contribution in [0.3, 0.4) is 0 Å². The van der Waals surface area contributed by atoms with Crippen molar-refractivity contribution in [1.82, 2.24) is 15.3 Å². The lowest BCUT2D eigenvalue weighted by Crippen LogP contribution is -2.29. The van der Waals surface area contributed by atoms with E-state index >= 15 is 0 Å². The number of aromatic nitrogens is 2. The summed E-state index contributed by atoms with van der Waals surface area (Å²) in [5.74, 6) is -0.470. The molecule has 10 nitrogen and oxygen atoms in total. The molecule has 26 heavy (non-hydrogen) atoms. The van der Waals surface area contributed by atoms with Crippen LogP contribution in [0.15, 0.2) is 32.4 Å². The number of nitrogens with zero attached hydrogens (tertiary/aromatic N) is 2. The van der Waals surface area contributed by atoms with E-state index in [0.717, 1.165) is 17.5 Å². The molecule has 0 aliphatic carbocycles. The van der Waals surface area contributed by atoms with E-state index in [2.05, 4.69) is 31.7 Å². The summed E-state index contributed by atoms with van der Waals surface area (Å²) in [5.41, 5.74) is 6.07. The molecular weight excluding hydrogens is 360 g/mol. The minimum Gasteiger partial charge on any atom is -0.482 e. The third kappa shape index (κ3) is 3.67. The van der Waals surface area contributed by atoms with Crippen molar-refractivity contribution in [3.63, 3.8) is 0 Å². The summed E-state index contributed by atoms with van der Waals surface area (Å²) in [6.45, 7) is 3.40. The Morgan fingerprint density at radius 2 is 2.27 bits per heavy atom. The molecule has 0 saturated carbocycles. The van der Waals surface area contributed by atoms with Crippen molar-refractivity contribution >= 4 is 41.9 Å². The van der Waals surface area contributed by atoms with E-state index in [1.165, 1.54) is 0 Å². The highest BCUT2D eigenvalue weighted by atomic mass is 32.2. The SMILES string of the molecule is C=NSc1nc(C(=O)NCc2ccc3c(c2)NC(=O)CO3)[nH]c(=O)c1N. The van der Waals surface area contributed by atoms with Crippen LogP contribution in [0, 0.1) is 0 Å². The van der Waals surface area contributed by atoms with Crippen molar-refractivity contribution in [1.29, 1.82) is 0 Å². The van der Waals surface area contributed by atoms with Gasteiger partial charge in [-0.3, -0.25) is 14.4 Å². The van der Waals surface area contributed by atoms with Crippen LogP contribution in [0.2, 0.25) is 0 Å². The lowest BCUT2D eigenvalue weighted by atomic mass is 10.1. The molecule has 5 N–H and O–H groups in total. The van der Waals surface area contributed by atoms with E-state index in [-0.39, 0.29) is 35.6 Å². The summed E-state index contributed by atoms with van der Waals surface area (Å²) < 4.78 is 8.81. The maximum absolute atomic E-state index is 12.2. The van der Waals surface area contributed by atoms with E-state index < -0.39 is 11.5 Å². The van der Waals surface area contributed by atoms with Crippen molar-refractivity contribution < 1.29 is 14.3 Å². The molecule has 1 aliphatic rings. The number of nitrogens with two attached hydrogens (primary N) is 1. The fraction of sp³-hybridized carbons (Fsp3) is 0.133. The molecule has 0 saturated heterocycles. The van der Waals surface area contributed by atoms with Crippen LogP contribution in [0.5, 0.6) is 5.75 Å². The average molecular weight is 374 g/mol. The third-order valence-electron chi connectivity index (χ3n) is 3.42. The van der Waals surface area contributed by atoms with Gasteiger partial charge in [-0.25, -0.2) is 9.38 Å². The first-order valence-electron chi connectivity index (χ1n) is 7.34. The molecule has 1 aromatic heterocycles. The number of aromatic amines is 1. The predicted octanol–water partition coefficient (Wildman–Crippen LogP) is 0.321. The summed E-state index contributed by atoms with van der Waals surface area (Å²) in [6.07, 6.45) is 0. The summed E-state index contributed by atoms with van der Waals surface area (Å²) in [6, 6.07) is 5.14. The second-order valence-electron chi connectivity index (χ2n) is 5.20. The van der Waals surface area contributed by atoms with Gasteiger partial charge in [-0.15, -0.1) is 0 Å². The summed E-state index contributed by atoms with van der Waals surface area (Å²) >= 11 is 0.801. The third-order valence-corrected chi connectivity index (χ3v) is 4.03. The largest absolute Gasteiger partial charge is 0.482 e. The molecule has 3 rings (SSSR count). The first-order chi connectivity index (χ1) is 12.5. The van der Waals surface area contributed by atoms with Crippen LogP contribution in [0.4, 0.5) is 11.4 Å². The van der Waals surface area contributed by atoms with Gasteiger partial charge >= 0.3 is 0 Å². The Morgan fingerprint density at radius 3 is 3.04 bits per heavy atom. The maximum atomic E-state index is 12.2. The fourth-order valence-electron chi connectivity index (χ4n) is 2.21. The van der Waals surface area contributed by atoms with Crippen LogP contribution in [-0.2, 0) is 11.3 Å². The molecule has 134 valence electrons. The second-order valence-corrected chi connectivity index (χ2v) is 6.03. The van der Waals surface area contributed by atoms with Crippen LogP contribution < -0.4 is 26.7 Å². The van der Waals surface area contributed by atoms with Crippen LogP contribution >= 0.6 is 11.9 Å². The molecule has 2 aromatic rings. The fourth-order valence-corrected chi connectivity index (χ4v) is 2.65. The number of amides is 2. The normalized spacial score (nSPS) is 12.5. The number of carbonyl (C=O) groups excluding carboxylic acids is 2. The number of fused-ring (bicyclic) bond motifs is 1. The molecule has 1 aliphatic heterocycles. The van der Waals surface area contributed by atoms with Gasteiger partial charge in [0.2, 0.25) is 0 Å². The zero-order chi connectivity index (χ0) is 18.7. The number of rotatable bonds is 5. The summed E-state index contributed by atoms with van der Waals surface area (Å²) in [7, 11) is 0. The Morgan fingerprint density at radius 1 is 1.46 bits per heavy atom. The zero-order valence-electron chi connectivity index (χ0n) is 13.4. The Bertz CT molecular complexity index is 958. The average Bonchev–Trinajstić information content (AvgIpc) is 2.63. The lowest BCUT2D eigenvalue weighted by molar-refractivity contribution is -0.118. The van der Waals surface area contributed by atoms with Gasteiger partial charge in [0.05, 0.1) is 5.69 Å². The molecular formula is C15H14N6O4S. The van der Waals surface area contributed by atoms with Crippen LogP contribution in [-0.4, -0.2) is 35.1 Å². The standard InChI is InChI=1S/C15H14N6O4S/c1-17-26-15-11(16)13(23)20-12(21-15)14(24)18-5-7-2-3-9-8(4-7)19-10(22)6-25-9/h2-4H,1,5-6,16H2,(H,18,24)(H,19,22)(H,20,21,23). The molecule has 0 radical (unpaired) electrons. The van der Waals surface area contributed by atoms with Gasteiger partial charge in [0.15, 0.2) is 12.4 Å². The van der Waals surface area contributed by atoms with Crippen molar-refractivity contribution in [3.05, 3.63) is 39.9 Å². The van der Waals surface area contributed by atoms with Crippen molar-refractivity contribution in [2.45, 2.75) is 11.6 Å². The molecule has 0 unspecified atom stereocenters. The first-order valence-corrected chi connectivity index (χ1v) is 8.12. The van der Waals surface area contributed by atoms with Crippen molar-refractivity contribution in [2.24, 2.45) is 4.40 Å². The number of nitrogens with one attached hydrogen (secondary N) is 3. The monoisotopic (exact) mass is 374 g/mol. The number of nitrogen functional groups attached to an aromatic ring is 1. The van der Waals surface area contributed by atoms with Gasteiger partial charge in [0.25, 0.3) is 17.4 Å². The highest BCUT2D eigenvalue weighted by Crippen LogP contribution is 2.28. The second kappa shape index (κ2) is 7.27. The minimum atomic E-state index is -0.634. The van der Waals surface area contributed by atoms with Crippen molar-refractivity contribution in [3.8, 4) is 5.75 Å². The maximum Gasteiger partial charge on any atom is 0.287 e. The van der Waals surface area contributed by atoms with Gasteiger partial charge < -0.3 is 26.1 Å². The van der Waals surface area contributed by atoms with E-state index in [9.17, 15) is 14.4 Å². The number of hydrogen-bond donors (Lipinski definition) is 4. The Labute approximate surface area is 151 Å². The first kappa shape index (κ1) is 17.5. The Balaban J connectivity index is 1.73. The predicted molar refractivity (Wildman–Crippen MR) is 96.4 cm³/mol. The Kier molecular flexibility index (Phi) is 4.89. The number of hydrogen-bond acceptors (Lipinski definition) is 8. The number of carbonyl (C=O) groups is 2. The summed E-state index contributed by atoms with van der Waals surface area (Å²) in [5, 5.41) is 5.41. The highest BCUT2D eigenvalue weighted by Gasteiger charge is 2.17. The quantitative estimate of drug-likeness (QED) is 0.334. The van der Waals surface area contributed by atoms with E-state index in [0.29, 0.717) is 11.4 Å². The molecule has 0 atom stereocenters. The molecule has 1 aromatic carbocycles. The number of H-pyrrole nitrogens is 1. The number of benzene rings is 1. The molecule has 2 amide bonds. The molecule has 0 fully saturated rings. The lowest BCUT2D eigenvalue weighted by Gasteiger charge is -2.18. The zero-order valence-corrected chi connectivity index (χ0v) is 14.2. The summed E-state index contributed by atoms with van der Waals surface area (Å²) in [4.78, 5) is 41.7. The van der Waals surface area contributed by atoms with Gasteiger partial charge in [0, 0.05) is 18.5 Å². The molecule has 2 heterocycles. The topological polar surface area (TPSA) is 152 Å². The number of anilines is 2. The van der Waals surface area contributed by atoms with E-state index in [1.807, 2.05) is 0 Å². The van der Waals surface area contributed by atoms with E-state index in [1.54, 1.807) is 18.2 Å². The highest BCUT2D eigenvalue weighted by molar-refractivity contribution is 7.98. The van der Waals surface area contributed by atoms with E-state index in [4.69, 9.17) is 10.5 Å². The van der Waals surface area contributed by atoms with Gasteiger partial charge in [-0.1, -0.05) is 6.07 Å². The minimum absolute atomic E-state index is 0.0286. The molecule has 0 spiro atoms. The Hall–Kier alpha value is -3.34. The van der Waals surface area contributed by atoms with Crippen molar-refractivity contribution in [2.75, 3.05) is 17.7 Å². The van der Waals surface area contributed by atoms with Crippen LogP contribution in [0.25, 0.3) is 0 Å². The smallest absolute Gasteiger partial charge is 0.287 e. The van der Waals surface area contributed by atoms with Crippen LogP contribution in [0.1, 0.15) is 16.2 Å². The van der Waals surface area contributed by atoms with Gasteiger partial charge in [-0.2, -0.15) is 0 Å². The van der Waals surface area contributed by atoms with Gasteiger partial charge in [-0.05, 0) is 24.4 Å². The number of ether oxygens (including phenoxy) is 1. The van der Waals surface area contributed by atoms with Gasteiger partial charge in [0.1, 0.15) is 16.5 Å². The molecule has 11 heteroatoms.